The van der Waals surface area contributed by atoms with Gasteiger partial charge in [0.05, 0.1) is 12.7 Å². The molecule has 0 fully saturated rings. The maximum atomic E-state index is 12.0. The highest BCUT2D eigenvalue weighted by Crippen LogP contribution is 2.35. The van der Waals surface area contributed by atoms with Gasteiger partial charge in [0.2, 0.25) is 0 Å². The summed E-state index contributed by atoms with van der Waals surface area (Å²) in [4.78, 5) is 0. The molecule has 13 heavy (non-hydrogen) atoms. The SMILES string of the molecule is C[C@@H](O)COCC(F)(F)C(F)(F)F. The van der Waals surface area contributed by atoms with Gasteiger partial charge in [-0.1, -0.05) is 0 Å². The molecule has 0 aromatic carbocycles. The van der Waals surface area contributed by atoms with Crippen molar-refractivity contribution in [3.8, 4) is 0 Å². The summed E-state index contributed by atoms with van der Waals surface area (Å²) < 4.78 is 62.5. The third kappa shape index (κ3) is 4.37. The Labute approximate surface area is 71.3 Å². The van der Waals surface area contributed by atoms with E-state index in [2.05, 4.69) is 4.74 Å². The highest BCUT2D eigenvalue weighted by molar-refractivity contribution is 4.74. The minimum atomic E-state index is -5.61. The van der Waals surface area contributed by atoms with Crippen LogP contribution < -0.4 is 0 Å². The van der Waals surface area contributed by atoms with Crippen molar-refractivity contribution in [2.45, 2.75) is 25.1 Å². The van der Waals surface area contributed by atoms with E-state index in [1.165, 1.54) is 6.92 Å². The molecule has 0 radical (unpaired) electrons. The topological polar surface area (TPSA) is 29.5 Å². The van der Waals surface area contributed by atoms with Gasteiger partial charge in [0.15, 0.2) is 0 Å². The van der Waals surface area contributed by atoms with E-state index in [1.54, 1.807) is 0 Å². The summed E-state index contributed by atoms with van der Waals surface area (Å²) in [6.07, 6.45) is -6.67. The molecule has 0 amide bonds. The molecule has 0 saturated heterocycles. The Morgan fingerprint density at radius 2 is 1.69 bits per heavy atom. The highest BCUT2D eigenvalue weighted by Gasteiger charge is 2.57. The Bertz CT molecular complexity index is 154. The van der Waals surface area contributed by atoms with Crippen LogP contribution in [0.2, 0.25) is 0 Å². The monoisotopic (exact) mass is 208 g/mol. The van der Waals surface area contributed by atoms with Crippen molar-refractivity contribution in [1.29, 1.82) is 0 Å². The summed E-state index contributed by atoms with van der Waals surface area (Å²) in [7, 11) is 0. The van der Waals surface area contributed by atoms with Gasteiger partial charge in [0.1, 0.15) is 6.61 Å². The quantitative estimate of drug-likeness (QED) is 0.711. The van der Waals surface area contributed by atoms with Crippen LogP contribution in [-0.2, 0) is 4.74 Å². The number of ether oxygens (including phenoxy) is 1. The summed E-state index contributed by atoms with van der Waals surface area (Å²) in [5.74, 6) is -4.86. The molecule has 0 spiro atoms. The Hall–Kier alpha value is -0.430. The number of hydrogen-bond acceptors (Lipinski definition) is 2. The van der Waals surface area contributed by atoms with Gasteiger partial charge in [0, 0.05) is 0 Å². The Kier molecular flexibility index (Phi) is 4.05. The molecule has 80 valence electrons. The van der Waals surface area contributed by atoms with E-state index < -0.39 is 31.4 Å². The molecule has 0 heterocycles. The minimum Gasteiger partial charge on any atom is -0.391 e. The van der Waals surface area contributed by atoms with E-state index in [4.69, 9.17) is 5.11 Å². The zero-order chi connectivity index (χ0) is 10.7. The van der Waals surface area contributed by atoms with Crippen molar-refractivity contribution in [2.24, 2.45) is 0 Å². The van der Waals surface area contributed by atoms with Gasteiger partial charge >= 0.3 is 12.1 Å². The smallest absolute Gasteiger partial charge is 0.391 e. The molecule has 0 aliphatic rings. The Morgan fingerprint density at radius 3 is 2.00 bits per heavy atom. The number of aliphatic hydroxyl groups is 1. The first-order chi connectivity index (χ1) is 5.67. The first-order valence-corrected chi connectivity index (χ1v) is 3.37. The largest absolute Gasteiger partial charge is 0.455 e. The highest BCUT2D eigenvalue weighted by atomic mass is 19.4. The number of alkyl halides is 5. The lowest BCUT2D eigenvalue weighted by Gasteiger charge is -2.19. The molecule has 0 rings (SSSR count). The molecule has 0 saturated carbocycles. The molecule has 0 aromatic rings. The van der Waals surface area contributed by atoms with Crippen LogP contribution in [0.1, 0.15) is 6.92 Å². The first kappa shape index (κ1) is 12.6. The van der Waals surface area contributed by atoms with Gasteiger partial charge in [0.25, 0.3) is 0 Å². The zero-order valence-electron chi connectivity index (χ0n) is 6.74. The van der Waals surface area contributed by atoms with Crippen molar-refractivity contribution in [1.82, 2.24) is 0 Å². The fourth-order valence-electron chi connectivity index (χ4n) is 0.439. The van der Waals surface area contributed by atoms with Crippen LogP contribution >= 0.6 is 0 Å². The second-order valence-corrected chi connectivity index (χ2v) is 2.57. The fraction of sp³-hybridized carbons (Fsp3) is 1.00. The molecule has 1 N–H and O–H groups in total. The summed E-state index contributed by atoms with van der Waals surface area (Å²) in [5.41, 5.74) is 0. The lowest BCUT2D eigenvalue weighted by atomic mass is 10.3. The van der Waals surface area contributed by atoms with Crippen molar-refractivity contribution < 1.29 is 31.8 Å². The van der Waals surface area contributed by atoms with Crippen LogP contribution in [0, 0.1) is 0 Å². The van der Waals surface area contributed by atoms with Gasteiger partial charge in [-0.15, -0.1) is 0 Å². The lowest BCUT2D eigenvalue weighted by Crippen LogP contribution is -2.41. The second kappa shape index (κ2) is 4.19. The molecule has 1 atom stereocenters. The van der Waals surface area contributed by atoms with Gasteiger partial charge in [-0.3, -0.25) is 0 Å². The van der Waals surface area contributed by atoms with Crippen molar-refractivity contribution in [3.63, 3.8) is 0 Å². The van der Waals surface area contributed by atoms with Crippen molar-refractivity contribution in [2.75, 3.05) is 13.2 Å². The fourth-order valence-corrected chi connectivity index (χ4v) is 0.439. The molecular weight excluding hydrogens is 199 g/mol. The average molecular weight is 208 g/mol. The van der Waals surface area contributed by atoms with E-state index in [-0.39, 0.29) is 0 Å². The summed E-state index contributed by atoms with van der Waals surface area (Å²) in [6.45, 7) is -1.10. The number of halogens is 5. The summed E-state index contributed by atoms with van der Waals surface area (Å²) in [6, 6.07) is 0. The van der Waals surface area contributed by atoms with E-state index in [1.807, 2.05) is 0 Å². The van der Waals surface area contributed by atoms with E-state index in [0.717, 1.165) is 0 Å². The van der Waals surface area contributed by atoms with Gasteiger partial charge in [-0.05, 0) is 6.92 Å². The Balaban J connectivity index is 3.90. The standard InChI is InChI=1S/C6H9F5O2/c1-4(12)2-13-3-5(7,8)6(9,10)11/h4,12H,2-3H2,1H3/t4-/m1/s1. The minimum absolute atomic E-state index is 0.550. The molecule has 0 aliphatic heterocycles. The normalized spacial score (nSPS) is 15.9. The second-order valence-electron chi connectivity index (χ2n) is 2.57. The molecule has 0 aromatic heterocycles. The Morgan fingerprint density at radius 1 is 1.23 bits per heavy atom. The van der Waals surface area contributed by atoms with Crippen LogP contribution in [0.3, 0.4) is 0 Å². The number of hydrogen-bond donors (Lipinski definition) is 1. The van der Waals surface area contributed by atoms with Crippen LogP contribution in [0.4, 0.5) is 22.0 Å². The number of aliphatic hydroxyl groups excluding tert-OH is 1. The van der Waals surface area contributed by atoms with Crippen LogP contribution in [-0.4, -0.2) is 36.5 Å². The maximum absolute atomic E-state index is 12.0. The zero-order valence-corrected chi connectivity index (χ0v) is 6.74. The molecule has 0 aliphatic carbocycles. The molecule has 0 bridgehead atoms. The van der Waals surface area contributed by atoms with Gasteiger partial charge in [-0.25, -0.2) is 0 Å². The predicted octanol–water partition coefficient (Wildman–Crippen LogP) is 1.58. The van der Waals surface area contributed by atoms with Crippen LogP contribution in [0.25, 0.3) is 0 Å². The summed E-state index contributed by atoms with van der Waals surface area (Å²) >= 11 is 0. The first-order valence-electron chi connectivity index (χ1n) is 3.37. The van der Waals surface area contributed by atoms with Crippen LogP contribution in [0.15, 0.2) is 0 Å². The maximum Gasteiger partial charge on any atom is 0.455 e. The predicted molar refractivity (Wildman–Crippen MR) is 33.5 cm³/mol. The number of rotatable bonds is 4. The summed E-state index contributed by atoms with van der Waals surface area (Å²) in [5, 5.41) is 8.50. The van der Waals surface area contributed by atoms with Crippen molar-refractivity contribution >= 4 is 0 Å². The van der Waals surface area contributed by atoms with Gasteiger partial charge < -0.3 is 9.84 Å². The van der Waals surface area contributed by atoms with E-state index in [0.29, 0.717) is 0 Å². The molecule has 0 unspecified atom stereocenters. The molecular formula is C6H9F5O2. The average Bonchev–Trinajstić information content (AvgIpc) is 1.82. The van der Waals surface area contributed by atoms with Gasteiger partial charge in [-0.2, -0.15) is 22.0 Å². The van der Waals surface area contributed by atoms with E-state index >= 15 is 0 Å². The van der Waals surface area contributed by atoms with Crippen molar-refractivity contribution in [3.05, 3.63) is 0 Å². The van der Waals surface area contributed by atoms with Crippen LogP contribution in [0.5, 0.6) is 0 Å². The third-order valence-electron chi connectivity index (χ3n) is 1.06. The molecule has 2 nitrogen and oxygen atoms in total. The molecule has 7 heteroatoms. The third-order valence-corrected chi connectivity index (χ3v) is 1.06. The lowest BCUT2D eigenvalue weighted by molar-refractivity contribution is -0.297. The van der Waals surface area contributed by atoms with E-state index in [9.17, 15) is 22.0 Å².